The predicted molar refractivity (Wildman–Crippen MR) is 224 cm³/mol. The molecule has 14 nitrogen and oxygen atoms in total. The maximum Gasteiger partial charge on any atom is 0.348 e. The highest BCUT2D eigenvalue weighted by Crippen LogP contribution is 2.51. The van der Waals surface area contributed by atoms with E-state index in [0.717, 1.165) is 16.8 Å². The minimum atomic E-state index is -1.84. The maximum atomic E-state index is 14.8. The fourth-order valence-electron chi connectivity index (χ4n) is 7.71. The van der Waals surface area contributed by atoms with E-state index in [1.807, 2.05) is 72.8 Å². The third-order valence-electron chi connectivity index (χ3n) is 10.7. The molecule has 0 radical (unpaired) electrons. The van der Waals surface area contributed by atoms with Crippen LogP contribution in [-0.4, -0.2) is 97.8 Å². The van der Waals surface area contributed by atoms with Crippen molar-refractivity contribution in [3.63, 3.8) is 0 Å². The van der Waals surface area contributed by atoms with Gasteiger partial charge in [-0.15, -0.1) is 0 Å². The van der Waals surface area contributed by atoms with Gasteiger partial charge in [-0.1, -0.05) is 163 Å². The Kier molecular flexibility index (Phi) is 11.6. The summed E-state index contributed by atoms with van der Waals surface area (Å²) in [6.07, 6.45) is -1.17. The molecular formula is C46H39N5O9S. The molecule has 0 aliphatic carbocycles. The molecule has 2 N–H and O–H groups in total. The molecule has 3 saturated heterocycles. The summed E-state index contributed by atoms with van der Waals surface area (Å²) in [6, 6.07) is 42.8. The van der Waals surface area contributed by atoms with E-state index >= 15 is 0 Å². The first kappa shape index (κ1) is 40.5. The molecule has 3 fully saturated rings. The third-order valence-corrected chi connectivity index (χ3v) is 12.4. The normalized spacial score (nSPS) is 20.1. The predicted octanol–water partition coefficient (Wildman–Crippen LogP) is 5.34. The molecule has 5 aromatic rings. The Bertz CT molecular complexity index is 2370. The molecule has 1 unspecified atom stereocenters. The average molecular weight is 838 g/mol. The topological polar surface area (TPSA) is 175 Å². The van der Waals surface area contributed by atoms with Crippen LogP contribution in [0.1, 0.15) is 45.9 Å². The monoisotopic (exact) mass is 837 g/mol. The highest BCUT2D eigenvalue weighted by Gasteiger charge is 2.67. The van der Waals surface area contributed by atoms with E-state index in [2.05, 4.69) is 10.4 Å². The number of benzene rings is 5. The number of fused-ring (bicyclic) bond motifs is 1. The Labute approximate surface area is 354 Å². The maximum absolute atomic E-state index is 14.8. The van der Waals surface area contributed by atoms with Crippen molar-refractivity contribution in [3.8, 4) is 0 Å². The fraction of sp³-hybridized carbons (Fsp3) is 0.196. The zero-order valence-electron chi connectivity index (χ0n) is 32.4. The SMILES string of the molecule is O=C(O)/C=N/N1CCN([C@]2(C(=O)OC(c3ccccc3)c3ccccc3)CN3C(=O)[C@@H](NC(=O)C(C(=O)OC(c4ccccc4)c4ccccc4)c4ccccc4)[C@H]3S2)C1=O. The lowest BCUT2D eigenvalue weighted by Crippen LogP contribution is -2.68. The summed E-state index contributed by atoms with van der Waals surface area (Å²) in [7, 11) is 0. The first-order valence-electron chi connectivity index (χ1n) is 19.5. The molecular weight excluding hydrogens is 799 g/mol. The smallest absolute Gasteiger partial charge is 0.348 e. The molecule has 308 valence electrons. The number of hydrazone groups is 1. The third kappa shape index (κ3) is 8.19. The van der Waals surface area contributed by atoms with Gasteiger partial charge in [0.15, 0.2) is 18.1 Å². The number of carboxylic acid groups (broad SMARTS) is 1. The summed E-state index contributed by atoms with van der Waals surface area (Å²) < 4.78 is 12.5. The van der Waals surface area contributed by atoms with Gasteiger partial charge >= 0.3 is 23.9 Å². The van der Waals surface area contributed by atoms with Crippen LogP contribution >= 0.6 is 11.8 Å². The number of urea groups is 1. The van der Waals surface area contributed by atoms with Crippen LogP contribution in [0.3, 0.4) is 0 Å². The molecule has 0 bridgehead atoms. The lowest BCUT2D eigenvalue weighted by molar-refractivity contribution is -0.159. The number of carbonyl (C=O) groups excluding carboxylic acids is 5. The number of carboxylic acids is 1. The standard InChI is InChI=1S/C46H39N5O9S/c52-35(53)28-47-51-27-26-50(45(51)58)46(44(57)60-39(33-22-12-4-13-23-33)34-24-14-5-15-25-34)29-49-41(55)37(42(49)61-46)48-40(54)36(30-16-6-1-7-17-30)43(56)59-38(31-18-8-2-9-19-31)32-20-10-3-11-21-32/h1-25,28,36-39,42H,26-27,29H2,(H,48,54)(H,52,53)/b47-28+/t36?,37-,42-,46-/m1/s1. The largest absolute Gasteiger partial charge is 0.477 e. The van der Waals surface area contributed by atoms with Gasteiger partial charge in [0.05, 0.1) is 13.1 Å². The lowest BCUT2D eigenvalue weighted by atomic mass is 9.96. The van der Waals surface area contributed by atoms with Crippen molar-refractivity contribution in [1.82, 2.24) is 20.1 Å². The second-order valence-corrected chi connectivity index (χ2v) is 15.9. The summed E-state index contributed by atoms with van der Waals surface area (Å²) in [6.45, 7) is -0.409. The van der Waals surface area contributed by atoms with Crippen LogP contribution in [0.25, 0.3) is 0 Å². The zero-order chi connectivity index (χ0) is 42.5. The first-order valence-corrected chi connectivity index (χ1v) is 20.3. The van der Waals surface area contributed by atoms with Gasteiger partial charge in [-0.2, -0.15) is 5.10 Å². The van der Waals surface area contributed by atoms with Gasteiger partial charge in [-0.3, -0.25) is 19.3 Å². The summed E-state index contributed by atoms with van der Waals surface area (Å²) >= 11 is 0.961. The van der Waals surface area contributed by atoms with Gasteiger partial charge in [-0.25, -0.2) is 19.4 Å². The first-order chi connectivity index (χ1) is 29.6. The van der Waals surface area contributed by atoms with E-state index in [1.165, 1.54) is 9.80 Å². The number of nitrogens with one attached hydrogen (secondary N) is 1. The number of ether oxygens (including phenoxy) is 2. The quantitative estimate of drug-likeness (QED) is 0.0643. The van der Waals surface area contributed by atoms with Gasteiger partial charge in [0.25, 0.3) is 0 Å². The van der Waals surface area contributed by atoms with Crippen molar-refractivity contribution in [1.29, 1.82) is 0 Å². The van der Waals surface area contributed by atoms with E-state index in [0.29, 0.717) is 34.0 Å². The molecule has 8 rings (SSSR count). The Hall–Kier alpha value is -7.26. The highest BCUT2D eigenvalue weighted by atomic mass is 32.2. The Morgan fingerprint density at radius 1 is 0.689 bits per heavy atom. The van der Waals surface area contributed by atoms with Crippen molar-refractivity contribution in [2.45, 2.75) is 34.4 Å². The molecule has 3 aliphatic rings. The number of β-lactam (4-membered cyclic amide) rings is 1. The number of thioether (sulfide) groups is 1. The minimum Gasteiger partial charge on any atom is -0.477 e. The van der Waals surface area contributed by atoms with Crippen molar-refractivity contribution in [2.24, 2.45) is 5.10 Å². The molecule has 5 aromatic carbocycles. The van der Waals surface area contributed by atoms with Crippen LogP contribution in [0.4, 0.5) is 4.79 Å². The summed E-state index contributed by atoms with van der Waals surface area (Å²) in [5.74, 6) is -5.88. The zero-order valence-corrected chi connectivity index (χ0v) is 33.2. The number of hydrogen-bond donors (Lipinski definition) is 2. The van der Waals surface area contributed by atoms with E-state index in [-0.39, 0.29) is 19.6 Å². The fourth-order valence-corrected chi connectivity index (χ4v) is 9.39. The molecule has 4 atom stereocenters. The number of rotatable bonds is 14. The number of hydrogen-bond acceptors (Lipinski definition) is 10. The van der Waals surface area contributed by atoms with E-state index in [9.17, 15) is 33.9 Å². The molecule has 0 aromatic heterocycles. The molecule has 61 heavy (non-hydrogen) atoms. The summed E-state index contributed by atoms with van der Waals surface area (Å²) in [4.78, 5) is 83.5. The summed E-state index contributed by atoms with van der Waals surface area (Å²) in [5.41, 5.74) is 3.03. The second kappa shape index (κ2) is 17.5. The molecule has 4 amide bonds. The van der Waals surface area contributed by atoms with Crippen molar-refractivity contribution >= 4 is 53.7 Å². The van der Waals surface area contributed by atoms with Gasteiger partial charge in [0, 0.05) is 6.54 Å². The number of esters is 2. The van der Waals surface area contributed by atoms with Gasteiger partial charge in [-0.05, 0) is 27.8 Å². The second-order valence-electron chi connectivity index (χ2n) is 14.5. The van der Waals surface area contributed by atoms with Crippen molar-refractivity contribution in [3.05, 3.63) is 179 Å². The molecule has 0 spiro atoms. The number of amides is 4. The van der Waals surface area contributed by atoms with Gasteiger partial charge in [0.2, 0.25) is 16.7 Å². The van der Waals surface area contributed by atoms with E-state index in [1.54, 1.807) is 78.9 Å². The van der Waals surface area contributed by atoms with Crippen LogP contribution in [0.15, 0.2) is 157 Å². The van der Waals surface area contributed by atoms with Crippen molar-refractivity contribution in [2.75, 3.05) is 19.6 Å². The number of aliphatic carboxylic acids is 1. The van der Waals surface area contributed by atoms with Crippen LogP contribution in [0.5, 0.6) is 0 Å². The van der Waals surface area contributed by atoms with Gasteiger partial charge < -0.3 is 24.8 Å². The van der Waals surface area contributed by atoms with Gasteiger partial charge in [0.1, 0.15) is 17.6 Å². The molecule has 15 heteroatoms. The lowest BCUT2D eigenvalue weighted by Gasteiger charge is -2.41. The Morgan fingerprint density at radius 2 is 1.15 bits per heavy atom. The average Bonchev–Trinajstić information content (AvgIpc) is 3.86. The minimum absolute atomic E-state index is 0.0500. The Balaban J connectivity index is 1.09. The van der Waals surface area contributed by atoms with Crippen LogP contribution < -0.4 is 5.32 Å². The highest BCUT2D eigenvalue weighted by molar-refractivity contribution is 8.02. The number of nitrogens with zero attached hydrogens (tertiary/aromatic N) is 4. The Morgan fingerprint density at radius 3 is 1.62 bits per heavy atom. The van der Waals surface area contributed by atoms with E-state index < -0.39 is 70.2 Å². The van der Waals surface area contributed by atoms with Crippen LogP contribution in [0, 0.1) is 0 Å². The summed E-state index contributed by atoms with van der Waals surface area (Å²) in [5, 5.41) is 15.8. The van der Waals surface area contributed by atoms with E-state index in [4.69, 9.17) is 9.47 Å². The van der Waals surface area contributed by atoms with Crippen molar-refractivity contribution < 1.29 is 43.3 Å². The molecule has 3 heterocycles. The molecule has 3 aliphatic heterocycles. The van der Waals surface area contributed by atoms with Crippen LogP contribution in [-0.2, 0) is 33.4 Å². The number of carbonyl (C=O) groups is 6. The molecule has 0 saturated carbocycles. The van der Waals surface area contributed by atoms with Crippen LogP contribution in [0.2, 0.25) is 0 Å².